The van der Waals surface area contributed by atoms with Gasteiger partial charge in [-0.1, -0.05) is 26.0 Å². The Labute approximate surface area is 131 Å². The molecule has 6 heteroatoms. The number of aromatic hydroxyl groups is 1. The molecule has 22 heavy (non-hydrogen) atoms. The van der Waals surface area contributed by atoms with Crippen LogP contribution in [0.4, 0.5) is 11.5 Å². The Kier molecular flexibility index (Phi) is 5.55. The fourth-order valence-electron chi connectivity index (χ4n) is 2.37. The van der Waals surface area contributed by atoms with Crippen LogP contribution in [0.1, 0.15) is 13.8 Å². The maximum absolute atomic E-state index is 9.91. The molecule has 0 atom stereocenters. The van der Waals surface area contributed by atoms with E-state index in [1.807, 2.05) is 32.0 Å². The Balaban J connectivity index is 0.000000847. The first-order valence-electron chi connectivity index (χ1n) is 7.63. The fourth-order valence-corrected chi connectivity index (χ4v) is 2.37. The van der Waals surface area contributed by atoms with Crippen molar-refractivity contribution in [3.05, 3.63) is 30.3 Å². The van der Waals surface area contributed by atoms with Gasteiger partial charge in [0.15, 0.2) is 5.82 Å². The van der Waals surface area contributed by atoms with Gasteiger partial charge >= 0.3 is 0 Å². The van der Waals surface area contributed by atoms with Crippen molar-refractivity contribution >= 4 is 11.5 Å². The summed E-state index contributed by atoms with van der Waals surface area (Å²) in [6, 6.07) is 8.98. The van der Waals surface area contributed by atoms with Crippen LogP contribution < -0.4 is 16.0 Å². The molecule has 1 fully saturated rings. The van der Waals surface area contributed by atoms with E-state index in [1.54, 1.807) is 12.1 Å². The molecular formula is C16H23N5O. The highest BCUT2D eigenvalue weighted by Gasteiger charge is 2.16. The molecule has 0 radical (unpaired) electrons. The summed E-state index contributed by atoms with van der Waals surface area (Å²) in [7, 11) is 0. The molecule has 6 nitrogen and oxygen atoms in total. The van der Waals surface area contributed by atoms with Crippen molar-refractivity contribution in [3.63, 3.8) is 0 Å². The van der Waals surface area contributed by atoms with E-state index >= 15 is 0 Å². The van der Waals surface area contributed by atoms with Gasteiger partial charge in [-0.2, -0.15) is 0 Å². The number of anilines is 2. The second-order valence-electron chi connectivity index (χ2n) is 4.75. The van der Waals surface area contributed by atoms with Crippen molar-refractivity contribution in [2.75, 3.05) is 36.8 Å². The lowest BCUT2D eigenvalue weighted by Gasteiger charge is -2.30. The normalized spacial score (nSPS) is 14.2. The van der Waals surface area contributed by atoms with Crippen molar-refractivity contribution in [2.45, 2.75) is 13.8 Å². The van der Waals surface area contributed by atoms with Crippen LogP contribution in [0.2, 0.25) is 0 Å². The van der Waals surface area contributed by atoms with Gasteiger partial charge in [-0.25, -0.2) is 0 Å². The van der Waals surface area contributed by atoms with E-state index in [-0.39, 0.29) is 5.75 Å². The second kappa shape index (κ2) is 7.61. The molecule has 0 spiro atoms. The van der Waals surface area contributed by atoms with Gasteiger partial charge in [0, 0.05) is 31.7 Å². The lowest BCUT2D eigenvalue weighted by atomic mass is 10.1. The molecule has 1 aromatic carbocycles. The highest BCUT2D eigenvalue weighted by atomic mass is 16.3. The molecule has 0 bridgehead atoms. The number of aromatic nitrogens is 2. The number of nitrogens with one attached hydrogen (secondary N) is 1. The smallest absolute Gasteiger partial charge is 0.169 e. The molecule has 1 saturated heterocycles. The number of nitrogens with zero attached hydrogens (tertiary/aromatic N) is 3. The van der Waals surface area contributed by atoms with Crippen molar-refractivity contribution in [3.8, 4) is 17.0 Å². The Morgan fingerprint density at radius 2 is 1.82 bits per heavy atom. The summed E-state index contributed by atoms with van der Waals surface area (Å²) in [4.78, 5) is 2.18. The third-order valence-corrected chi connectivity index (χ3v) is 3.44. The second-order valence-corrected chi connectivity index (χ2v) is 4.75. The van der Waals surface area contributed by atoms with Gasteiger partial charge < -0.3 is 21.1 Å². The van der Waals surface area contributed by atoms with E-state index in [0.717, 1.165) is 31.9 Å². The summed E-state index contributed by atoms with van der Waals surface area (Å²) in [5, 5.41) is 21.3. The quantitative estimate of drug-likeness (QED) is 0.785. The van der Waals surface area contributed by atoms with E-state index in [1.165, 1.54) is 0 Å². The number of benzene rings is 1. The number of phenols is 1. The lowest BCUT2D eigenvalue weighted by Crippen LogP contribution is -2.43. The molecule has 0 amide bonds. The van der Waals surface area contributed by atoms with E-state index in [4.69, 9.17) is 5.73 Å². The summed E-state index contributed by atoms with van der Waals surface area (Å²) in [6.07, 6.45) is 0. The highest BCUT2D eigenvalue weighted by molar-refractivity contribution is 5.74. The molecule has 0 aliphatic carbocycles. The topological polar surface area (TPSA) is 87.3 Å². The SMILES string of the molecule is CC.Nc1nnc(-c2ccccc2O)cc1N1CCNCC1. The van der Waals surface area contributed by atoms with Crippen LogP contribution in [-0.4, -0.2) is 41.5 Å². The Bertz CT molecular complexity index is 611. The number of phenolic OH excluding ortho intramolecular Hbond substituents is 1. The van der Waals surface area contributed by atoms with Crippen LogP contribution in [0.5, 0.6) is 5.75 Å². The third-order valence-electron chi connectivity index (χ3n) is 3.44. The van der Waals surface area contributed by atoms with E-state index in [9.17, 15) is 5.11 Å². The number of hydrogen-bond acceptors (Lipinski definition) is 6. The van der Waals surface area contributed by atoms with Crippen LogP contribution in [0.25, 0.3) is 11.3 Å². The fraction of sp³-hybridized carbons (Fsp3) is 0.375. The molecule has 0 saturated carbocycles. The maximum atomic E-state index is 9.91. The Hall–Kier alpha value is -2.34. The molecule has 3 rings (SSSR count). The van der Waals surface area contributed by atoms with Gasteiger partial charge in [-0.15, -0.1) is 10.2 Å². The predicted octanol–water partition coefficient (Wildman–Crippen LogP) is 1.87. The summed E-state index contributed by atoms with van der Waals surface area (Å²) < 4.78 is 0. The summed E-state index contributed by atoms with van der Waals surface area (Å²) in [5.41, 5.74) is 8.11. The number of para-hydroxylation sites is 1. The van der Waals surface area contributed by atoms with Crippen molar-refractivity contribution in [1.82, 2.24) is 15.5 Å². The summed E-state index contributed by atoms with van der Waals surface area (Å²) in [6.45, 7) is 7.62. The molecule has 118 valence electrons. The molecular weight excluding hydrogens is 278 g/mol. The largest absolute Gasteiger partial charge is 0.507 e. The van der Waals surface area contributed by atoms with Gasteiger partial charge in [-0.3, -0.25) is 0 Å². The molecule has 1 aromatic heterocycles. The average molecular weight is 301 g/mol. The van der Waals surface area contributed by atoms with Crippen molar-refractivity contribution in [2.24, 2.45) is 0 Å². The minimum absolute atomic E-state index is 0.192. The van der Waals surface area contributed by atoms with Gasteiger partial charge in [0.05, 0.1) is 11.4 Å². The molecule has 1 aliphatic rings. The van der Waals surface area contributed by atoms with Gasteiger partial charge in [0.1, 0.15) is 5.75 Å². The zero-order valence-corrected chi connectivity index (χ0v) is 13.1. The van der Waals surface area contributed by atoms with Gasteiger partial charge in [0.25, 0.3) is 0 Å². The number of hydrogen-bond donors (Lipinski definition) is 3. The molecule has 0 unspecified atom stereocenters. The van der Waals surface area contributed by atoms with Crippen molar-refractivity contribution < 1.29 is 5.11 Å². The van der Waals surface area contributed by atoms with Crippen LogP contribution in [0.3, 0.4) is 0 Å². The van der Waals surface area contributed by atoms with Gasteiger partial charge in [0.2, 0.25) is 0 Å². The van der Waals surface area contributed by atoms with Crippen LogP contribution >= 0.6 is 0 Å². The minimum atomic E-state index is 0.192. The van der Waals surface area contributed by atoms with E-state index < -0.39 is 0 Å². The summed E-state index contributed by atoms with van der Waals surface area (Å²) in [5.74, 6) is 0.615. The summed E-state index contributed by atoms with van der Waals surface area (Å²) >= 11 is 0. The third kappa shape index (κ3) is 3.46. The Morgan fingerprint density at radius 3 is 2.50 bits per heavy atom. The zero-order chi connectivity index (χ0) is 15.9. The molecule has 4 N–H and O–H groups in total. The monoisotopic (exact) mass is 301 g/mol. The highest BCUT2D eigenvalue weighted by Crippen LogP contribution is 2.31. The molecule has 2 aromatic rings. The maximum Gasteiger partial charge on any atom is 0.169 e. The van der Waals surface area contributed by atoms with Crippen molar-refractivity contribution in [1.29, 1.82) is 0 Å². The van der Waals surface area contributed by atoms with E-state index in [0.29, 0.717) is 17.1 Å². The first-order valence-corrected chi connectivity index (χ1v) is 7.63. The number of piperazine rings is 1. The lowest BCUT2D eigenvalue weighted by molar-refractivity contribution is 0.477. The van der Waals surface area contributed by atoms with Crippen LogP contribution in [0, 0.1) is 0 Å². The first-order chi connectivity index (χ1) is 10.8. The van der Waals surface area contributed by atoms with Gasteiger partial charge in [-0.05, 0) is 18.2 Å². The molecule has 1 aliphatic heterocycles. The minimum Gasteiger partial charge on any atom is -0.507 e. The molecule has 2 heterocycles. The predicted molar refractivity (Wildman–Crippen MR) is 90.0 cm³/mol. The zero-order valence-electron chi connectivity index (χ0n) is 13.1. The van der Waals surface area contributed by atoms with Crippen LogP contribution in [-0.2, 0) is 0 Å². The number of rotatable bonds is 2. The number of nitrogen functional groups attached to an aromatic ring is 1. The van der Waals surface area contributed by atoms with E-state index in [2.05, 4.69) is 20.4 Å². The number of nitrogens with two attached hydrogens (primary N) is 1. The van der Waals surface area contributed by atoms with Crippen LogP contribution in [0.15, 0.2) is 30.3 Å². The standard InChI is InChI=1S/C14H17N5O.C2H6/c15-14-12(19-7-5-16-6-8-19)9-11(17-18-14)10-3-1-2-4-13(10)20;1-2/h1-4,9,16,20H,5-8H2,(H2,15,18);1-2H3. The Morgan fingerprint density at radius 1 is 1.14 bits per heavy atom. The average Bonchev–Trinajstić information content (AvgIpc) is 2.59. The first kappa shape index (κ1) is 16.0.